The highest BCUT2D eigenvalue weighted by atomic mass is 35.5. The van der Waals surface area contributed by atoms with Gasteiger partial charge in [0, 0.05) is 17.3 Å². The Morgan fingerprint density at radius 1 is 1.40 bits per heavy atom. The third-order valence-corrected chi connectivity index (χ3v) is 2.85. The first kappa shape index (κ1) is 16.3. The lowest BCUT2D eigenvalue weighted by Gasteiger charge is -2.09. The summed E-state index contributed by atoms with van der Waals surface area (Å²) in [5.41, 5.74) is 6.08. The van der Waals surface area contributed by atoms with E-state index in [1.807, 2.05) is 0 Å². The van der Waals surface area contributed by atoms with Gasteiger partial charge in [0.25, 0.3) is 5.91 Å². The highest BCUT2D eigenvalue weighted by Gasteiger charge is 2.13. The Morgan fingerprint density at radius 2 is 2.10 bits per heavy atom. The van der Waals surface area contributed by atoms with Crippen LogP contribution in [0.5, 0.6) is 0 Å². The number of carbonyl (C=O) groups excluding carboxylic acids is 2. The predicted molar refractivity (Wildman–Crippen MR) is 78.6 cm³/mol. The van der Waals surface area contributed by atoms with Crippen molar-refractivity contribution in [1.29, 1.82) is 0 Å². The molecule has 0 unspecified atom stereocenters. The summed E-state index contributed by atoms with van der Waals surface area (Å²) in [6.07, 6.45) is 0.879. The van der Waals surface area contributed by atoms with E-state index >= 15 is 0 Å². The number of rotatable bonds is 6. The lowest BCUT2D eigenvalue weighted by Crippen LogP contribution is -2.30. The van der Waals surface area contributed by atoms with Crippen LogP contribution in [0.1, 0.15) is 30.6 Å². The molecule has 0 spiro atoms. The molecular weight excluding hydrogens is 280 g/mol. The molecule has 0 bridgehead atoms. The second-order valence-electron chi connectivity index (χ2n) is 4.84. The minimum Gasteiger partial charge on any atom is -0.452 e. The van der Waals surface area contributed by atoms with Gasteiger partial charge in [-0.15, -0.1) is 0 Å². The van der Waals surface area contributed by atoms with Crippen LogP contribution in [-0.4, -0.2) is 25.0 Å². The van der Waals surface area contributed by atoms with Crippen LogP contribution in [0.3, 0.4) is 0 Å². The van der Waals surface area contributed by atoms with Crippen LogP contribution in [0.15, 0.2) is 18.2 Å². The summed E-state index contributed by atoms with van der Waals surface area (Å²) < 4.78 is 4.89. The fourth-order valence-electron chi connectivity index (χ4n) is 1.48. The summed E-state index contributed by atoms with van der Waals surface area (Å²) in [6.45, 7) is 4.38. The molecule has 0 radical (unpaired) electrons. The van der Waals surface area contributed by atoms with Crippen LogP contribution in [0.25, 0.3) is 0 Å². The van der Waals surface area contributed by atoms with Gasteiger partial charge in [-0.3, -0.25) is 4.79 Å². The van der Waals surface area contributed by atoms with E-state index < -0.39 is 5.97 Å². The first-order valence-corrected chi connectivity index (χ1v) is 6.76. The van der Waals surface area contributed by atoms with E-state index in [-0.39, 0.29) is 23.8 Å². The number of ether oxygens (including phenoxy) is 1. The Balaban J connectivity index is 2.41. The van der Waals surface area contributed by atoms with Crippen LogP contribution in [0.4, 0.5) is 5.69 Å². The maximum atomic E-state index is 11.7. The van der Waals surface area contributed by atoms with E-state index in [1.165, 1.54) is 18.2 Å². The molecule has 1 rings (SSSR count). The average Bonchev–Trinajstić information content (AvgIpc) is 2.35. The van der Waals surface area contributed by atoms with Crippen molar-refractivity contribution in [2.45, 2.75) is 20.3 Å². The molecule has 3 N–H and O–H groups in total. The minimum atomic E-state index is -0.641. The molecule has 0 aliphatic heterocycles. The molecule has 0 fully saturated rings. The fourth-order valence-corrected chi connectivity index (χ4v) is 1.66. The SMILES string of the molecule is CC(C)CCNC(=O)COC(=O)c1ccc(Cl)cc1N. The number of hydrogen-bond donors (Lipinski definition) is 2. The second-order valence-corrected chi connectivity index (χ2v) is 5.28. The number of hydrogen-bond acceptors (Lipinski definition) is 4. The number of esters is 1. The predicted octanol–water partition coefficient (Wildman–Crippen LogP) is 2.24. The quantitative estimate of drug-likeness (QED) is 0.623. The summed E-state index contributed by atoms with van der Waals surface area (Å²) in [5, 5.41) is 3.11. The molecule has 110 valence electrons. The van der Waals surface area contributed by atoms with Crippen LogP contribution < -0.4 is 11.1 Å². The van der Waals surface area contributed by atoms with Gasteiger partial charge in [0.15, 0.2) is 6.61 Å². The van der Waals surface area contributed by atoms with Crippen LogP contribution in [0.2, 0.25) is 5.02 Å². The number of amides is 1. The first-order chi connectivity index (χ1) is 9.40. The van der Waals surface area contributed by atoms with Crippen molar-refractivity contribution in [3.63, 3.8) is 0 Å². The molecule has 20 heavy (non-hydrogen) atoms. The Kier molecular flexibility index (Phi) is 6.31. The van der Waals surface area contributed by atoms with Crippen molar-refractivity contribution >= 4 is 29.2 Å². The van der Waals surface area contributed by atoms with E-state index in [2.05, 4.69) is 19.2 Å². The van der Waals surface area contributed by atoms with Crippen molar-refractivity contribution in [2.75, 3.05) is 18.9 Å². The van der Waals surface area contributed by atoms with Gasteiger partial charge in [-0.1, -0.05) is 25.4 Å². The maximum Gasteiger partial charge on any atom is 0.340 e. The fraction of sp³-hybridized carbons (Fsp3) is 0.429. The third kappa shape index (κ3) is 5.48. The number of nitrogen functional groups attached to an aromatic ring is 1. The Bertz CT molecular complexity index is 489. The molecule has 0 saturated carbocycles. The largest absolute Gasteiger partial charge is 0.452 e. The van der Waals surface area contributed by atoms with Gasteiger partial charge < -0.3 is 15.8 Å². The molecule has 0 aliphatic carbocycles. The zero-order chi connectivity index (χ0) is 15.1. The van der Waals surface area contributed by atoms with Gasteiger partial charge in [-0.25, -0.2) is 4.79 Å². The summed E-state index contributed by atoms with van der Waals surface area (Å²) in [7, 11) is 0. The van der Waals surface area contributed by atoms with Gasteiger partial charge >= 0.3 is 5.97 Å². The molecule has 0 aliphatic rings. The van der Waals surface area contributed by atoms with Crippen molar-refractivity contribution < 1.29 is 14.3 Å². The van der Waals surface area contributed by atoms with E-state index in [4.69, 9.17) is 22.1 Å². The standard InChI is InChI=1S/C14H19ClN2O3/c1-9(2)5-6-17-13(18)8-20-14(19)11-4-3-10(15)7-12(11)16/h3-4,7,9H,5-6,8,16H2,1-2H3,(H,17,18). The number of benzene rings is 1. The molecule has 1 aromatic carbocycles. The van der Waals surface area contributed by atoms with Crippen molar-refractivity contribution in [1.82, 2.24) is 5.32 Å². The lowest BCUT2D eigenvalue weighted by molar-refractivity contribution is -0.124. The molecule has 6 heteroatoms. The summed E-state index contributed by atoms with van der Waals surface area (Å²) in [5.74, 6) is -0.462. The number of anilines is 1. The minimum absolute atomic E-state index is 0.199. The number of halogens is 1. The first-order valence-electron chi connectivity index (χ1n) is 6.39. The van der Waals surface area contributed by atoms with Gasteiger partial charge in [0.2, 0.25) is 0 Å². The van der Waals surface area contributed by atoms with Crippen LogP contribution in [0, 0.1) is 5.92 Å². The van der Waals surface area contributed by atoms with Crippen molar-refractivity contribution in [2.24, 2.45) is 5.92 Å². The van der Waals surface area contributed by atoms with E-state index in [1.54, 1.807) is 0 Å². The van der Waals surface area contributed by atoms with E-state index in [0.29, 0.717) is 17.5 Å². The average molecular weight is 299 g/mol. The molecule has 0 aromatic heterocycles. The van der Waals surface area contributed by atoms with Crippen molar-refractivity contribution in [3.8, 4) is 0 Å². The smallest absolute Gasteiger partial charge is 0.340 e. The van der Waals surface area contributed by atoms with Gasteiger partial charge in [0.05, 0.1) is 5.56 Å². The summed E-state index contributed by atoms with van der Waals surface area (Å²) in [6, 6.07) is 4.47. The molecule has 0 saturated heterocycles. The highest BCUT2D eigenvalue weighted by molar-refractivity contribution is 6.31. The third-order valence-electron chi connectivity index (χ3n) is 2.61. The van der Waals surface area contributed by atoms with Crippen LogP contribution >= 0.6 is 11.6 Å². The van der Waals surface area contributed by atoms with E-state index in [0.717, 1.165) is 6.42 Å². The lowest BCUT2D eigenvalue weighted by atomic mass is 10.1. The number of nitrogens with two attached hydrogens (primary N) is 1. The highest BCUT2D eigenvalue weighted by Crippen LogP contribution is 2.18. The molecule has 0 heterocycles. The maximum absolute atomic E-state index is 11.7. The molecule has 0 atom stereocenters. The molecule has 5 nitrogen and oxygen atoms in total. The summed E-state index contributed by atoms with van der Waals surface area (Å²) >= 11 is 5.74. The second kappa shape index (κ2) is 7.75. The van der Waals surface area contributed by atoms with E-state index in [9.17, 15) is 9.59 Å². The monoisotopic (exact) mass is 298 g/mol. The summed E-state index contributed by atoms with van der Waals surface area (Å²) in [4.78, 5) is 23.2. The van der Waals surface area contributed by atoms with Crippen molar-refractivity contribution in [3.05, 3.63) is 28.8 Å². The molecule has 1 aromatic rings. The number of carbonyl (C=O) groups is 2. The Labute approximate surface area is 123 Å². The molecule has 1 amide bonds. The topological polar surface area (TPSA) is 81.4 Å². The van der Waals surface area contributed by atoms with Gasteiger partial charge in [-0.05, 0) is 30.5 Å². The zero-order valence-electron chi connectivity index (χ0n) is 11.6. The van der Waals surface area contributed by atoms with Crippen LogP contribution in [-0.2, 0) is 9.53 Å². The normalized spacial score (nSPS) is 10.4. The van der Waals surface area contributed by atoms with Gasteiger partial charge in [-0.2, -0.15) is 0 Å². The number of nitrogens with one attached hydrogen (secondary N) is 1. The Morgan fingerprint density at radius 3 is 2.70 bits per heavy atom. The molecular formula is C14H19ClN2O3. The zero-order valence-corrected chi connectivity index (χ0v) is 12.4. The Hall–Kier alpha value is -1.75. The van der Waals surface area contributed by atoms with Gasteiger partial charge in [0.1, 0.15) is 0 Å².